The second kappa shape index (κ2) is 37.2. The van der Waals surface area contributed by atoms with Gasteiger partial charge in [0.2, 0.25) is 65.0 Å². The Morgan fingerprint density at radius 1 is 0.544 bits per heavy atom. The molecule has 2 aliphatic heterocycles. The van der Waals surface area contributed by atoms with Gasteiger partial charge < -0.3 is 90.0 Å². The van der Waals surface area contributed by atoms with Crippen molar-refractivity contribution < 1.29 is 82.8 Å². The van der Waals surface area contributed by atoms with Crippen LogP contribution < -0.4 is 59.7 Å². The van der Waals surface area contributed by atoms with E-state index in [0.29, 0.717) is 31.2 Å². The second-order valence-corrected chi connectivity index (χ2v) is 24.8. The van der Waals surface area contributed by atoms with E-state index >= 15 is 0 Å². The number of likely N-dealkylation sites (tertiary alicyclic amines) is 2. The number of hydrogen-bond donors (Lipinski definition) is 15. The van der Waals surface area contributed by atoms with Crippen molar-refractivity contribution in [1.29, 1.82) is 0 Å². The summed E-state index contributed by atoms with van der Waals surface area (Å²) in [7, 11) is 0. The van der Waals surface area contributed by atoms with Crippen molar-refractivity contribution in [2.75, 3.05) is 26.2 Å². The van der Waals surface area contributed by atoms with E-state index in [1.807, 2.05) is 13.8 Å². The number of primary amides is 1. The van der Waals surface area contributed by atoms with Gasteiger partial charge in [-0.05, 0) is 119 Å². The Morgan fingerprint density at radius 2 is 0.978 bits per heavy atom. The molecule has 2 saturated heterocycles. The SMILES string of the molecule is CC(C)C[C@H](NC(=O)[C@H](CO)NC(=O)[C@H](Cc1ccc(O)cc1)NC(=O)[C@H](CCC(=O)O)NC(=O)[C@H](CCCCN)NC(=O)[C@@H]1CCCN1C(=O)[C@H](CC(N)=O)NC(=O)[C@H](CC(C)C)NC(=O)[C@@H]1CCCN1C(=O)[C@@H](N)CC(C)C)C(=O)N[C@H](C(=O)O)C(C)C. The maximum absolute atomic E-state index is 14.5. The van der Waals surface area contributed by atoms with E-state index in [1.54, 1.807) is 41.5 Å². The number of nitrogens with two attached hydrogens (primary N) is 3. The van der Waals surface area contributed by atoms with Crippen molar-refractivity contribution in [1.82, 2.24) is 52.3 Å². The van der Waals surface area contributed by atoms with Gasteiger partial charge in [-0.1, -0.05) is 67.5 Å². The fourth-order valence-corrected chi connectivity index (χ4v) is 10.7. The van der Waals surface area contributed by atoms with Gasteiger partial charge >= 0.3 is 11.9 Å². The molecule has 30 heteroatoms. The first-order valence-corrected chi connectivity index (χ1v) is 30.9. The van der Waals surface area contributed by atoms with Crippen LogP contribution >= 0.6 is 0 Å². The third-order valence-electron chi connectivity index (χ3n) is 15.3. The molecule has 1 aromatic carbocycles. The molecule has 0 unspecified atom stereocenters. The van der Waals surface area contributed by atoms with Gasteiger partial charge in [-0.3, -0.25) is 57.5 Å². The number of carbonyl (C=O) groups excluding carboxylic acids is 11. The Kier molecular flexibility index (Phi) is 31.6. The summed E-state index contributed by atoms with van der Waals surface area (Å²) in [5.74, 6) is -13.4. The number of aliphatic hydroxyl groups is 1. The summed E-state index contributed by atoms with van der Waals surface area (Å²) >= 11 is 0. The van der Waals surface area contributed by atoms with Gasteiger partial charge in [-0.25, -0.2) is 4.79 Å². The number of benzene rings is 1. The number of nitrogens with zero attached hydrogens (tertiary/aromatic N) is 2. The molecular weight excluding hydrogens is 1170 g/mol. The Bertz CT molecular complexity index is 2660. The van der Waals surface area contributed by atoms with Crippen molar-refractivity contribution in [3.63, 3.8) is 0 Å². The third kappa shape index (κ3) is 24.8. The summed E-state index contributed by atoms with van der Waals surface area (Å²) in [4.78, 5) is 179. The van der Waals surface area contributed by atoms with E-state index in [-0.39, 0.29) is 88.1 Å². The number of phenols is 1. The fraction of sp³-hybridized carbons (Fsp3) is 0.683. The van der Waals surface area contributed by atoms with Crippen molar-refractivity contribution in [2.24, 2.45) is 40.9 Å². The van der Waals surface area contributed by atoms with Crippen LogP contribution in [0.3, 0.4) is 0 Å². The van der Waals surface area contributed by atoms with Gasteiger partial charge in [0, 0.05) is 25.9 Å². The molecule has 2 heterocycles. The van der Waals surface area contributed by atoms with Crippen LogP contribution in [-0.4, -0.2) is 200 Å². The Labute approximate surface area is 524 Å². The van der Waals surface area contributed by atoms with Crippen LogP contribution in [0.1, 0.15) is 144 Å². The van der Waals surface area contributed by atoms with Crippen LogP contribution in [0.15, 0.2) is 24.3 Å². The average molecular weight is 1270 g/mol. The highest BCUT2D eigenvalue weighted by Crippen LogP contribution is 2.23. The molecule has 18 N–H and O–H groups in total. The number of aliphatic carboxylic acids is 2. The lowest BCUT2D eigenvalue weighted by molar-refractivity contribution is -0.144. The van der Waals surface area contributed by atoms with E-state index in [2.05, 4.69) is 42.5 Å². The number of aliphatic hydroxyl groups excluding tert-OH is 1. The van der Waals surface area contributed by atoms with E-state index in [0.717, 1.165) is 4.90 Å². The van der Waals surface area contributed by atoms with Gasteiger partial charge in [-0.2, -0.15) is 0 Å². The first-order chi connectivity index (χ1) is 42.3. The maximum atomic E-state index is 14.5. The predicted molar refractivity (Wildman–Crippen MR) is 326 cm³/mol. The zero-order chi connectivity index (χ0) is 67.7. The Morgan fingerprint density at radius 3 is 1.47 bits per heavy atom. The van der Waals surface area contributed by atoms with Gasteiger partial charge in [0.1, 0.15) is 66.2 Å². The molecule has 0 aliphatic carbocycles. The number of nitrogens with one attached hydrogen (secondary N) is 8. The molecule has 0 radical (unpaired) electrons. The van der Waals surface area contributed by atoms with Crippen LogP contribution in [-0.2, 0) is 68.7 Å². The highest BCUT2D eigenvalue weighted by molar-refractivity contribution is 6.00. The van der Waals surface area contributed by atoms with Gasteiger partial charge in [-0.15, -0.1) is 0 Å². The molecular formula is C60H97N13O17. The number of carbonyl (C=O) groups is 13. The second-order valence-electron chi connectivity index (χ2n) is 24.8. The average Bonchev–Trinajstić information content (AvgIpc) is 1.93. The molecule has 11 amide bonds. The molecule has 0 saturated carbocycles. The Balaban J connectivity index is 1.91. The summed E-state index contributed by atoms with van der Waals surface area (Å²) in [5, 5.41) is 60.0. The molecule has 30 nitrogen and oxygen atoms in total. The van der Waals surface area contributed by atoms with Gasteiger partial charge in [0.25, 0.3) is 0 Å². The topological polar surface area (TPSA) is 484 Å². The normalized spacial score (nSPS) is 17.8. The minimum Gasteiger partial charge on any atom is -0.508 e. The van der Waals surface area contributed by atoms with E-state index < -0.39 is 175 Å². The third-order valence-corrected chi connectivity index (χ3v) is 15.3. The number of carboxylic acids is 2. The van der Waals surface area contributed by atoms with E-state index in [4.69, 9.17) is 17.2 Å². The summed E-state index contributed by atoms with van der Waals surface area (Å²) in [6.45, 7) is 13.4. The summed E-state index contributed by atoms with van der Waals surface area (Å²) in [5.41, 5.74) is 17.9. The van der Waals surface area contributed by atoms with Gasteiger partial charge in [0.15, 0.2) is 0 Å². The van der Waals surface area contributed by atoms with Crippen LogP contribution in [0, 0.1) is 23.7 Å². The molecule has 2 aliphatic rings. The first kappa shape index (κ1) is 76.3. The van der Waals surface area contributed by atoms with E-state index in [1.165, 1.54) is 29.2 Å². The van der Waals surface area contributed by atoms with Crippen LogP contribution in [0.4, 0.5) is 0 Å². The van der Waals surface area contributed by atoms with Crippen LogP contribution in [0.5, 0.6) is 5.75 Å². The molecule has 3 rings (SSSR count). The summed E-state index contributed by atoms with van der Waals surface area (Å²) in [6.07, 6.45) is -0.274. The highest BCUT2D eigenvalue weighted by atomic mass is 16.4. The molecule has 1 aromatic rings. The molecule has 2 fully saturated rings. The smallest absolute Gasteiger partial charge is 0.326 e. The number of hydrogen-bond acceptors (Lipinski definition) is 17. The molecule has 0 spiro atoms. The number of phenolic OH excluding ortho intramolecular Hbond substituents is 1. The van der Waals surface area contributed by atoms with Crippen molar-refractivity contribution >= 4 is 76.9 Å². The lowest BCUT2D eigenvalue weighted by Crippen LogP contribution is -2.61. The highest BCUT2D eigenvalue weighted by Gasteiger charge is 2.43. The minimum absolute atomic E-state index is 0.0132. The zero-order valence-corrected chi connectivity index (χ0v) is 52.9. The Hall–Kier alpha value is -7.99. The maximum Gasteiger partial charge on any atom is 0.326 e. The van der Waals surface area contributed by atoms with Gasteiger partial charge in [0.05, 0.1) is 19.1 Å². The van der Waals surface area contributed by atoms with Crippen molar-refractivity contribution in [2.45, 2.75) is 212 Å². The first-order valence-electron chi connectivity index (χ1n) is 30.9. The number of carboxylic acid groups (broad SMARTS) is 2. The van der Waals surface area contributed by atoms with Crippen LogP contribution in [0.25, 0.3) is 0 Å². The minimum atomic E-state index is -1.77. The molecule has 0 aromatic heterocycles. The standard InChI is InChI=1S/C60H97N13O17/c1-31(2)25-37(62)58(87)72-23-11-14-45(72)57(86)68-40(26-32(3)4)52(81)69-43(29-47(63)76)59(88)73-24-12-15-46(73)56(85)65-38(13-9-10-22-61)50(79)64-39(20-21-48(77)78)51(80)67-42(28-35-16-18-36(75)19-17-35)53(82)70-44(30-74)55(84)66-41(27-33(5)6)54(83)71-49(34(7)8)60(89)90/h16-19,31-34,37-46,49,74-75H,9-15,20-30,61-62H2,1-8H3,(H2,63,76)(H,64,79)(H,65,85)(H,66,84)(H,67,80)(H,68,86)(H,69,81)(H,70,82)(H,71,83)(H,77,78)(H,89,90)/t37-,38-,39-,40-,41-,42-,43-,44-,45-,46-,49-/m0/s1. The monoisotopic (exact) mass is 1270 g/mol. The predicted octanol–water partition coefficient (Wildman–Crippen LogP) is -2.14. The summed E-state index contributed by atoms with van der Waals surface area (Å²) in [6, 6.07) is -9.83. The van der Waals surface area contributed by atoms with Crippen molar-refractivity contribution in [3.05, 3.63) is 29.8 Å². The largest absolute Gasteiger partial charge is 0.508 e. The number of aromatic hydroxyl groups is 1. The quantitative estimate of drug-likeness (QED) is 0.0314. The molecule has 90 heavy (non-hydrogen) atoms. The zero-order valence-electron chi connectivity index (χ0n) is 52.9. The number of unbranched alkanes of at least 4 members (excludes halogenated alkanes) is 1. The fourth-order valence-electron chi connectivity index (χ4n) is 10.7. The number of amides is 11. The van der Waals surface area contributed by atoms with Crippen LogP contribution in [0.2, 0.25) is 0 Å². The number of rotatable bonds is 38. The lowest BCUT2D eigenvalue weighted by atomic mass is 10.00. The summed E-state index contributed by atoms with van der Waals surface area (Å²) < 4.78 is 0. The molecule has 11 atom stereocenters. The molecule has 504 valence electrons. The lowest BCUT2D eigenvalue weighted by Gasteiger charge is -2.31. The van der Waals surface area contributed by atoms with Crippen molar-refractivity contribution in [3.8, 4) is 5.75 Å². The van der Waals surface area contributed by atoms with E-state index in [9.17, 15) is 82.8 Å². The molecule has 0 bridgehead atoms.